The van der Waals surface area contributed by atoms with Crippen LogP contribution >= 0.6 is 7.82 Å². The third-order valence-corrected chi connectivity index (χ3v) is 8.62. The van der Waals surface area contributed by atoms with E-state index in [1.54, 1.807) is 0 Å². The van der Waals surface area contributed by atoms with Gasteiger partial charge in [0.1, 0.15) is 18.7 Å². The third-order valence-electron chi connectivity index (χ3n) is 7.21. The van der Waals surface area contributed by atoms with E-state index in [0.717, 1.165) is 11.0 Å². The molecule has 0 aromatic carbocycles. The molecule has 41 heavy (non-hydrogen) atoms. The number of anilines is 1. The van der Waals surface area contributed by atoms with Gasteiger partial charge >= 0.3 is 13.5 Å². The molecular weight excluding hydrogens is 551 g/mol. The maximum atomic E-state index is 12.7. The summed E-state index contributed by atoms with van der Waals surface area (Å²) >= 11 is 0. The monoisotopic (exact) mass is 604 g/mol. The number of phosphoric acid groups is 1. The van der Waals surface area contributed by atoms with Crippen LogP contribution < -0.4 is 11.4 Å². The van der Waals surface area contributed by atoms with Crippen LogP contribution in [0.5, 0.6) is 0 Å². The van der Waals surface area contributed by atoms with Crippen LogP contribution in [0.1, 0.15) is 116 Å². The van der Waals surface area contributed by atoms with Crippen LogP contribution in [-0.2, 0) is 27.6 Å². The van der Waals surface area contributed by atoms with E-state index in [9.17, 15) is 14.5 Å². The van der Waals surface area contributed by atoms with E-state index in [4.69, 9.17) is 28.8 Å². The van der Waals surface area contributed by atoms with Crippen molar-refractivity contribution < 1.29 is 32.7 Å². The number of nitrogen functional groups attached to an aromatic ring is 1. The van der Waals surface area contributed by atoms with Crippen LogP contribution in [0.2, 0.25) is 0 Å². The first-order valence-corrected chi connectivity index (χ1v) is 16.9. The molecule has 1 saturated heterocycles. The van der Waals surface area contributed by atoms with Crippen LogP contribution in [0.3, 0.4) is 0 Å². The van der Waals surface area contributed by atoms with Crippen molar-refractivity contribution in [3.63, 3.8) is 0 Å². The highest BCUT2D eigenvalue weighted by Crippen LogP contribution is 2.49. The van der Waals surface area contributed by atoms with E-state index in [1.165, 1.54) is 96.9 Å². The van der Waals surface area contributed by atoms with Crippen molar-refractivity contribution >= 4 is 13.8 Å². The van der Waals surface area contributed by atoms with Crippen molar-refractivity contribution in [2.45, 2.75) is 128 Å². The molecule has 1 fully saturated rings. The van der Waals surface area contributed by atoms with Gasteiger partial charge in [0.25, 0.3) is 0 Å². The van der Waals surface area contributed by atoms with Gasteiger partial charge in [-0.05, 0) is 12.8 Å². The molecule has 2 rings (SSSR count). The van der Waals surface area contributed by atoms with Gasteiger partial charge in [-0.15, -0.1) is 0 Å². The maximum Gasteiger partial charge on any atom is 0.474 e. The summed E-state index contributed by atoms with van der Waals surface area (Å²) in [7, 11) is -2.61. The number of aliphatic hydroxyl groups is 1. The molecule has 12 nitrogen and oxygen atoms in total. The summed E-state index contributed by atoms with van der Waals surface area (Å²) in [4.78, 5) is 19.3. The Labute approximate surface area is 245 Å². The molecule has 238 valence electrons. The molecule has 1 aromatic heterocycles. The van der Waals surface area contributed by atoms with Crippen molar-refractivity contribution in [1.29, 1.82) is 0 Å². The minimum Gasteiger partial charge on any atom is -0.390 e. The number of nitrogens with two attached hydrogens (primary N) is 1. The van der Waals surface area contributed by atoms with Gasteiger partial charge in [-0.3, -0.25) is 18.1 Å². The first-order valence-electron chi connectivity index (χ1n) is 15.4. The summed E-state index contributed by atoms with van der Waals surface area (Å²) in [6.45, 7) is 3.35. The van der Waals surface area contributed by atoms with Crippen LogP contribution in [0, 0.1) is 0 Å². The second kappa shape index (κ2) is 21.3. The SMILES string of the molecule is CCCCCCCCCCCCCCCCOCCCOP(=O)(OC)OC[C@H]1O[C@@H](n2cnc(N)nc2=O)C[C@H]1O. The van der Waals surface area contributed by atoms with Gasteiger partial charge in [0, 0.05) is 26.7 Å². The number of hydrogen-bond acceptors (Lipinski definition) is 11. The zero-order valence-electron chi connectivity index (χ0n) is 25.1. The van der Waals surface area contributed by atoms with Crippen LogP contribution in [0.25, 0.3) is 0 Å². The normalized spacial score (nSPS) is 20.4. The molecule has 3 N–H and O–H groups in total. The number of ether oxygens (including phenoxy) is 2. The molecule has 2 heterocycles. The molecule has 1 aliphatic heterocycles. The maximum absolute atomic E-state index is 12.7. The zero-order chi connectivity index (χ0) is 29.8. The number of nitrogens with zero attached hydrogens (tertiary/aromatic N) is 3. The van der Waals surface area contributed by atoms with E-state index in [2.05, 4.69) is 16.9 Å². The van der Waals surface area contributed by atoms with Gasteiger partial charge in [0.05, 0.1) is 19.3 Å². The lowest BCUT2D eigenvalue weighted by atomic mass is 10.0. The number of phosphoric ester groups is 1. The topological polar surface area (TPSA) is 157 Å². The Bertz CT molecular complexity index is 921. The summed E-state index contributed by atoms with van der Waals surface area (Å²) < 4.78 is 40.9. The van der Waals surface area contributed by atoms with E-state index in [0.29, 0.717) is 19.6 Å². The van der Waals surface area contributed by atoms with Crippen molar-refractivity contribution in [2.24, 2.45) is 0 Å². The Kier molecular flexibility index (Phi) is 18.6. The van der Waals surface area contributed by atoms with Crippen molar-refractivity contribution in [1.82, 2.24) is 14.5 Å². The summed E-state index contributed by atoms with van der Waals surface area (Å²) in [6.07, 6.45) is 17.8. The van der Waals surface area contributed by atoms with E-state index in [1.807, 2.05) is 0 Å². The molecule has 1 unspecified atom stereocenters. The number of aliphatic hydroxyl groups excluding tert-OH is 1. The Morgan fingerprint density at radius 3 is 2.12 bits per heavy atom. The minimum absolute atomic E-state index is 0.107. The Morgan fingerprint density at radius 1 is 0.951 bits per heavy atom. The molecule has 0 bridgehead atoms. The van der Waals surface area contributed by atoms with Crippen LogP contribution in [0.15, 0.2) is 11.1 Å². The van der Waals surface area contributed by atoms with Gasteiger partial charge in [0.15, 0.2) is 0 Å². The number of unbranched alkanes of at least 4 members (excludes halogenated alkanes) is 13. The van der Waals surface area contributed by atoms with Crippen molar-refractivity contribution in [3.8, 4) is 0 Å². The summed E-state index contributed by atoms with van der Waals surface area (Å²) in [6, 6.07) is 0. The summed E-state index contributed by atoms with van der Waals surface area (Å²) in [5.74, 6) is -0.150. The van der Waals surface area contributed by atoms with Crippen LogP contribution in [0.4, 0.5) is 5.95 Å². The average Bonchev–Trinajstić information content (AvgIpc) is 3.33. The molecule has 1 aliphatic rings. The molecule has 0 amide bonds. The number of hydrogen-bond donors (Lipinski definition) is 2. The molecule has 0 spiro atoms. The van der Waals surface area contributed by atoms with Crippen molar-refractivity contribution in [2.75, 3.05) is 39.3 Å². The fourth-order valence-electron chi connectivity index (χ4n) is 4.73. The second-order valence-electron chi connectivity index (χ2n) is 10.7. The van der Waals surface area contributed by atoms with E-state index in [-0.39, 0.29) is 25.6 Å². The van der Waals surface area contributed by atoms with Gasteiger partial charge in [-0.2, -0.15) is 4.98 Å². The largest absolute Gasteiger partial charge is 0.474 e. The Hall–Kier alpha value is -1.40. The van der Waals surface area contributed by atoms with Gasteiger partial charge in [-0.1, -0.05) is 90.4 Å². The Morgan fingerprint density at radius 2 is 1.54 bits per heavy atom. The molecular formula is C28H53N4O8P. The zero-order valence-corrected chi connectivity index (χ0v) is 26.0. The fourth-order valence-corrected chi connectivity index (χ4v) is 5.70. The lowest BCUT2D eigenvalue weighted by Gasteiger charge is -2.20. The molecule has 1 aromatic rings. The molecule has 0 aliphatic carbocycles. The fraction of sp³-hybridized carbons (Fsp3) is 0.893. The predicted octanol–water partition coefficient (Wildman–Crippen LogP) is 5.54. The van der Waals surface area contributed by atoms with Gasteiger partial charge in [0.2, 0.25) is 5.95 Å². The van der Waals surface area contributed by atoms with E-state index >= 15 is 0 Å². The highest BCUT2D eigenvalue weighted by Gasteiger charge is 2.38. The predicted molar refractivity (Wildman–Crippen MR) is 158 cm³/mol. The first-order chi connectivity index (χ1) is 19.9. The molecule has 13 heteroatoms. The molecule has 4 atom stereocenters. The molecule has 0 radical (unpaired) electrons. The van der Waals surface area contributed by atoms with Crippen LogP contribution in [-0.4, -0.2) is 65.4 Å². The number of rotatable bonds is 25. The van der Waals surface area contributed by atoms with E-state index < -0.39 is 31.9 Å². The van der Waals surface area contributed by atoms with Gasteiger partial charge < -0.3 is 20.3 Å². The third kappa shape index (κ3) is 15.1. The standard InChI is InChI=1S/C28H53N4O8P/c1-3-4-5-6-7-8-9-10-11-12-13-14-15-16-18-37-19-17-20-38-41(35,36-2)39-22-25-24(33)21-26(40-25)32-23-30-27(29)31-28(32)34/h23-26,33H,3-22H2,1-2H3,(H2,29,31,34)/t24-,25-,26-,41?/m1/s1. The van der Waals surface area contributed by atoms with Crippen molar-refractivity contribution in [3.05, 3.63) is 16.8 Å². The highest BCUT2D eigenvalue weighted by atomic mass is 31.2. The minimum atomic E-state index is -3.84. The second-order valence-corrected chi connectivity index (χ2v) is 12.4. The summed E-state index contributed by atoms with van der Waals surface area (Å²) in [5, 5.41) is 10.3. The van der Waals surface area contributed by atoms with Gasteiger partial charge in [-0.25, -0.2) is 14.3 Å². The summed E-state index contributed by atoms with van der Waals surface area (Å²) in [5.41, 5.74) is 4.76. The number of aromatic nitrogens is 3. The average molecular weight is 605 g/mol. The first kappa shape index (κ1) is 35.8. The quantitative estimate of drug-likeness (QED) is 0.107. The Balaban J connectivity index is 1.45. The smallest absolute Gasteiger partial charge is 0.390 e. The lowest BCUT2D eigenvalue weighted by Crippen LogP contribution is -2.29. The highest BCUT2D eigenvalue weighted by molar-refractivity contribution is 7.48. The molecule has 0 saturated carbocycles. The lowest BCUT2D eigenvalue weighted by molar-refractivity contribution is -0.0478.